The smallest absolute Gasteiger partial charge is 0.267 e. The fourth-order valence-electron chi connectivity index (χ4n) is 3.71. The number of anilines is 1. The summed E-state index contributed by atoms with van der Waals surface area (Å²) < 4.78 is 7.85. The second kappa shape index (κ2) is 7.89. The number of amides is 1. The third kappa shape index (κ3) is 3.70. The lowest BCUT2D eigenvalue weighted by Crippen LogP contribution is -2.46. The van der Waals surface area contributed by atoms with E-state index < -0.39 is 0 Å². The van der Waals surface area contributed by atoms with Crippen LogP contribution in [0.5, 0.6) is 0 Å². The zero-order valence-electron chi connectivity index (χ0n) is 16.5. The molecule has 2 fully saturated rings. The maximum absolute atomic E-state index is 13.3. The lowest BCUT2D eigenvalue weighted by molar-refractivity contribution is -0.121. The van der Waals surface area contributed by atoms with Crippen molar-refractivity contribution in [3.63, 3.8) is 0 Å². The molecule has 2 aromatic heterocycles. The number of hydrogen-bond donors (Lipinski definition) is 0. The highest BCUT2D eigenvalue weighted by molar-refractivity contribution is 8.26. The first-order chi connectivity index (χ1) is 13.9. The van der Waals surface area contributed by atoms with E-state index in [1.54, 1.807) is 24.4 Å². The summed E-state index contributed by atoms with van der Waals surface area (Å²) in [6.45, 7) is 7.63. The van der Waals surface area contributed by atoms with Crippen LogP contribution in [0.4, 0.5) is 5.82 Å². The summed E-state index contributed by atoms with van der Waals surface area (Å²) in [5.74, 6) is 0.402. The largest absolute Gasteiger partial charge is 0.372 e. The van der Waals surface area contributed by atoms with Crippen molar-refractivity contribution in [2.75, 3.05) is 24.5 Å². The Balaban J connectivity index is 1.89. The average Bonchev–Trinajstić information content (AvgIpc) is 2.95. The monoisotopic (exact) mass is 430 g/mol. The molecular formula is C20H22N4O3S2. The van der Waals surface area contributed by atoms with Gasteiger partial charge >= 0.3 is 0 Å². The number of carbonyl (C=O) groups is 1. The van der Waals surface area contributed by atoms with E-state index >= 15 is 0 Å². The molecular weight excluding hydrogens is 408 g/mol. The van der Waals surface area contributed by atoms with Gasteiger partial charge in [-0.3, -0.25) is 18.9 Å². The molecule has 0 aromatic carbocycles. The van der Waals surface area contributed by atoms with Crippen LogP contribution < -0.4 is 10.5 Å². The number of thiocarbonyl (C=S) groups is 1. The summed E-state index contributed by atoms with van der Waals surface area (Å²) in [4.78, 5) is 34.9. The van der Waals surface area contributed by atoms with Crippen molar-refractivity contribution in [1.82, 2.24) is 14.3 Å². The van der Waals surface area contributed by atoms with E-state index in [1.165, 1.54) is 21.1 Å². The molecule has 0 aliphatic carbocycles. The number of rotatable bonds is 3. The summed E-state index contributed by atoms with van der Waals surface area (Å²) in [6.07, 6.45) is 3.36. The Hall–Kier alpha value is -2.23. The number of thioether (sulfide) groups is 1. The predicted molar refractivity (Wildman–Crippen MR) is 119 cm³/mol. The molecule has 7 nitrogen and oxygen atoms in total. The number of pyridine rings is 1. The number of carbonyl (C=O) groups excluding carboxylic acids is 1. The van der Waals surface area contributed by atoms with Crippen LogP contribution in [0.15, 0.2) is 34.1 Å². The van der Waals surface area contributed by atoms with Gasteiger partial charge in [-0.15, -0.1) is 0 Å². The van der Waals surface area contributed by atoms with Gasteiger partial charge in [0, 0.05) is 25.8 Å². The van der Waals surface area contributed by atoms with E-state index in [2.05, 4.69) is 4.90 Å². The van der Waals surface area contributed by atoms with Gasteiger partial charge < -0.3 is 9.64 Å². The Morgan fingerprint density at radius 2 is 2.00 bits per heavy atom. The molecule has 9 heteroatoms. The van der Waals surface area contributed by atoms with Crippen molar-refractivity contribution in [2.24, 2.45) is 0 Å². The minimum absolute atomic E-state index is 0.0147. The van der Waals surface area contributed by atoms with Crippen molar-refractivity contribution in [2.45, 2.75) is 33.0 Å². The Kier molecular flexibility index (Phi) is 5.46. The summed E-state index contributed by atoms with van der Waals surface area (Å²) >= 11 is 6.53. The third-order valence-corrected chi connectivity index (χ3v) is 6.31. The Bertz CT molecular complexity index is 1070. The van der Waals surface area contributed by atoms with Gasteiger partial charge in [-0.25, -0.2) is 4.98 Å². The first kappa shape index (κ1) is 20.1. The number of likely N-dealkylation sites (N-methyl/N-ethyl adjacent to an activating group) is 1. The van der Waals surface area contributed by atoms with Gasteiger partial charge in [0.15, 0.2) is 0 Å². The average molecular weight is 431 g/mol. The van der Waals surface area contributed by atoms with Crippen LogP contribution in [0.2, 0.25) is 0 Å². The molecule has 0 N–H and O–H groups in total. The summed E-state index contributed by atoms with van der Waals surface area (Å²) in [7, 11) is 0. The summed E-state index contributed by atoms with van der Waals surface area (Å²) in [6, 6.07) is 5.44. The molecule has 2 aliphatic rings. The van der Waals surface area contributed by atoms with Gasteiger partial charge in [-0.1, -0.05) is 30.0 Å². The van der Waals surface area contributed by atoms with E-state index in [0.717, 1.165) is 0 Å². The number of fused-ring (bicyclic) bond motifs is 1. The van der Waals surface area contributed by atoms with E-state index in [0.29, 0.717) is 45.9 Å². The standard InChI is InChI=1S/C20H22N4O3S2/c1-4-23-19(26)15(29-20(23)28)9-14-17(22-10-12(2)27-13(3)11-22)21-16-7-5-6-8-24(16)18(14)25/h5-9,12-13H,4,10-11H2,1-3H3/b15-9+. The molecule has 2 unspecified atom stereocenters. The second-order valence-electron chi connectivity index (χ2n) is 7.17. The molecule has 2 aliphatic heterocycles. The van der Waals surface area contributed by atoms with Gasteiger partial charge in [0.25, 0.3) is 11.5 Å². The fourth-order valence-corrected chi connectivity index (χ4v) is 5.08. The first-order valence-corrected chi connectivity index (χ1v) is 10.8. The van der Waals surface area contributed by atoms with Gasteiger partial charge in [0.1, 0.15) is 15.8 Å². The lowest BCUT2D eigenvalue weighted by Gasteiger charge is -2.36. The highest BCUT2D eigenvalue weighted by Gasteiger charge is 2.32. The predicted octanol–water partition coefficient (Wildman–Crippen LogP) is 2.53. The van der Waals surface area contributed by atoms with Crippen LogP contribution >= 0.6 is 24.0 Å². The maximum Gasteiger partial charge on any atom is 0.267 e. The van der Waals surface area contributed by atoms with Gasteiger partial charge in [0.2, 0.25) is 0 Å². The lowest BCUT2D eigenvalue weighted by atomic mass is 10.2. The molecule has 2 atom stereocenters. The zero-order chi connectivity index (χ0) is 20.7. The number of hydrogen-bond acceptors (Lipinski definition) is 7. The first-order valence-electron chi connectivity index (χ1n) is 9.56. The molecule has 4 rings (SSSR count). The molecule has 152 valence electrons. The molecule has 2 aromatic rings. The number of aromatic nitrogens is 2. The van der Waals surface area contributed by atoms with Crippen molar-refractivity contribution < 1.29 is 9.53 Å². The van der Waals surface area contributed by atoms with Crippen molar-refractivity contribution in [3.8, 4) is 0 Å². The van der Waals surface area contributed by atoms with Gasteiger partial charge in [0.05, 0.1) is 22.7 Å². The van der Waals surface area contributed by atoms with Crippen LogP contribution in [0.3, 0.4) is 0 Å². The molecule has 4 heterocycles. The fraction of sp³-hybridized carbons (Fsp3) is 0.400. The minimum atomic E-state index is -0.209. The van der Waals surface area contributed by atoms with Crippen LogP contribution in [0.1, 0.15) is 26.3 Å². The Labute approximate surface area is 178 Å². The Morgan fingerprint density at radius 1 is 1.28 bits per heavy atom. The van der Waals surface area contributed by atoms with Crippen LogP contribution in [0, 0.1) is 0 Å². The van der Waals surface area contributed by atoms with Gasteiger partial charge in [-0.2, -0.15) is 0 Å². The maximum atomic E-state index is 13.3. The number of nitrogens with zero attached hydrogens (tertiary/aromatic N) is 4. The second-order valence-corrected chi connectivity index (χ2v) is 8.85. The van der Waals surface area contributed by atoms with Crippen LogP contribution in [-0.4, -0.2) is 56.4 Å². The topological polar surface area (TPSA) is 67.2 Å². The third-order valence-electron chi connectivity index (χ3n) is 4.93. The van der Waals surface area contributed by atoms with Crippen LogP contribution in [0.25, 0.3) is 11.7 Å². The van der Waals surface area contributed by atoms with E-state index in [1.807, 2.05) is 26.8 Å². The normalized spacial score (nSPS) is 24.2. The highest BCUT2D eigenvalue weighted by Crippen LogP contribution is 2.33. The van der Waals surface area contributed by atoms with E-state index in [4.69, 9.17) is 21.9 Å². The highest BCUT2D eigenvalue weighted by atomic mass is 32.2. The molecule has 0 radical (unpaired) electrons. The zero-order valence-corrected chi connectivity index (χ0v) is 18.1. The van der Waals surface area contributed by atoms with E-state index in [9.17, 15) is 9.59 Å². The number of ether oxygens (including phenoxy) is 1. The van der Waals surface area contributed by atoms with Crippen molar-refractivity contribution in [1.29, 1.82) is 0 Å². The SMILES string of the molecule is CCN1C(=O)/C(=C\c2c(N3CC(C)OC(C)C3)nc3ccccn3c2=O)SC1=S. The van der Waals surface area contributed by atoms with Crippen LogP contribution in [-0.2, 0) is 9.53 Å². The number of morpholine rings is 1. The molecule has 0 saturated carbocycles. The minimum Gasteiger partial charge on any atom is -0.372 e. The summed E-state index contributed by atoms with van der Waals surface area (Å²) in [5.41, 5.74) is 0.753. The summed E-state index contributed by atoms with van der Waals surface area (Å²) in [5, 5.41) is 0. The molecule has 0 spiro atoms. The molecule has 0 bridgehead atoms. The molecule has 2 saturated heterocycles. The quantitative estimate of drug-likeness (QED) is 0.548. The Morgan fingerprint density at radius 3 is 2.66 bits per heavy atom. The van der Waals surface area contributed by atoms with E-state index in [-0.39, 0.29) is 23.7 Å². The van der Waals surface area contributed by atoms with Crippen molar-refractivity contribution >= 4 is 51.7 Å². The van der Waals surface area contributed by atoms with Gasteiger partial charge in [-0.05, 0) is 39.0 Å². The molecule has 29 heavy (non-hydrogen) atoms. The van der Waals surface area contributed by atoms with Crippen molar-refractivity contribution in [3.05, 3.63) is 45.2 Å². The molecule has 1 amide bonds.